The minimum Gasteiger partial charge on any atom is -0.480 e. The predicted molar refractivity (Wildman–Crippen MR) is 90.5 cm³/mol. The van der Waals surface area contributed by atoms with Gasteiger partial charge in [0.1, 0.15) is 17.5 Å². The van der Waals surface area contributed by atoms with E-state index in [4.69, 9.17) is 9.47 Å². The van der Waals surface area contributed by atoms with Crippen LogP contribution in [-0.4, -0.2) is 50.9 Å². The molecule has 0 aromatic heterocycles. The summed E-state index contributed by atoms with van der Waals surface area (Å²) in [6.07, 6.45) is -3.85. The molecule has 0 heterocycles. The molecule has 0 aliphatic carbocycles. The second kappa shape index (κ2) is 8.97. The molecule has 3 N–H and O–H groups in total. The number of carbonyl (C=O) groups excluding carboxylic acids is 1. The fraction of sp³-hybridized carbons (Fsp3) is 0.438. The lowest BCUT2D eigenvalue weighted by Crippen LogP contribution is -2.47. The van der Waals surface area contributed by atoms with Crippen molar-refractivity contribution in [3.05, 3.63) is 34.1 Å². The molecule has 28 heavy (non-hydrogen) atoms. The number of nitrogens with one attached hydrogen (secondary N) is 1. The lowest BCUT2D eigenvalue weighted by molar-refractivity contribution is -0.386. The first-order valence-corrected chi connectivity index (χ1v) is 7.86. The third kappa shape index (κ3) is 7.05. The summed E-state index contributed by atoms with van der Waals surface area (Å²) in [5.41, 5.74) is -1.64. The van der Waals surface area contributed by atoms with Crippen molar-refractivity contribution in [1.82, 2.24) is 5.32 Å². The van der Waals surface area contributed by atoms with Crippen molar-refractivity contribution in [2.75, 3.05) is 0 Å². The number of aliphatic carboxylic acids is 2. The van der Waals surface area contributed by atoms with Gasteiger partial charge in [0.2, 0.25) is 5.75 Å². The molecule has 0 spiro atoms. The van der Waals surface area contributed by atoms with Crippen molar-refractivity contribution in [2.45, 2.75) is 44.9 Å². The van der Waals surface area contributed by atoms with E-state index in [1.807, 2.05) is 5.32 Å². The summed E-state index contributed by atoms with van der Waals surface area (Å²) in [6.45, 7) is 4.61. The molecule has 1 rings (SSSR count). The maximum Gasteiger partial charge on any atom is 0.408 e. The fourth-order valence-corrected chi connectivity index (χ4v) is 1.97. The van der Waals surface area contributed by atoms with Crippen molar-refractivity contribution in [3.63, 3.8) is 0 Å². The number of nitro benzene ring substituents is 1. The first-order chi connectivity index (χ1) is 12.8. The zero-order valence-electron chi connectivity index (χ0n) is 15.2. The van der Waals surface area contributed by atoms with Crippen LogP contribution in [0.25, 0.3) is 0 Å². The normalized spacial score (nSPS) is 13.1. The Kier molecular flexibility index (Phi) is 7.24. The number of hydrogen-bond donors (Lipinski definition) is 3. The number of alkyl carbamates (subject to hydrolysis) is 1. The quantitative estimate of drug-likeness (QED) is 0.435. The Morgan fingerprint density at radius 3 is 2.32 bits per heavy atom. The largest absolute Gasteiger partial charge is 0.480 e. The molecule has 0 bridgehead atoms. The van der Waals surface area contributed by atoms with Gasteiger partial charge in [-0.05, 0) is 26.8 Å². The molecule has 1 amide bonds. The SMILES string of the molecule is CC(C)(C)OC(=O)NC(CC(Oc1cc(F)ccc1[N+](=O)[O-])C(=O)O)C(=O)O. The molecule has 12 heteroatoms. The highest BCUT2D eigenvalue weighted by Gasteiger charge is 2.32. The van der Waals surface area contributed by atoms with Gasteiger partial charge in [0.05, 0.1) is 4.92 Å². The summed E-state index contributed by atoms with van der Waals surface area (Å²) in [4.78, 5) is 44.6. The smallest absolute Gasteiger partial charge is 0.408 e. The molecule has 0 saturated heterocycles. The van der Waals surface area contributed by atoms with Gasteiger partial charge >= 0.3 is 23.7 Å². The minimum atomic E-state index is -1.93. The highest BCUT2D eigenvalue weighted by atomic mass is 19.1. The molecular weight excluding hydrogens is 383 g/mol. The lowest BCUT2D eigenvalue weighted by Gasteiger charge is -2.23. The average Bonchev–Trinajstić information content (AvgIpc) is 2.50. The number of hydrogen-bond acceptors (Lipinski definition) is 7. The first kappa shape index (κ1) is 22.6. The van der Waals surface area contributed by atoms with Crippen LogP contribution in [0.15, 0.2) is 18.2 Å². The minimum absolute atomic E-state index is 0.602. The van der Waals surface area contributed by atoms with Crippen LogP contribution in [0, 0.1) is 15.9 Å². The number of benzene rings is 1. The monoisotopic (exact) mass is 402 g/mol. The molecule has 0 radical (unpaired) electrons. The standard InChI is InChI=1S/C16H19FN2O9/c1-16(2,3)28-15(24)18-9(13(20)21)7-12(14(22)23)27-11-6-8(17)4-5-10(11)19(25)26/h4-6,9,12H,7H2,1-3H3,(H,18,24)(H,20,21)(H,22,23). The molecule has 1 aromatic carbocycles. The summed E-state index contributed by atoms with van der Waals surface area (Å²) >= 11 is 0. The summed E-state index contributed by atoms with van der Waals surface area (Å²) in [5, 5.41) is 31.4. The van der Waals surface area contributed by atoms with Gasteiger partial charge in [0.25, 0.3) is 0 Å². The molecule has 11 nitrogen and oxygen atoms in total. The van der Waals surface area contributed by atoms with E-state index in [-0.39, 0.29) is 0 Å². The predicted octanol–water partition coefficient (Wildman–Crippen LogP) is 1.93. The number of halogens is 1. The van der Waals surface area contributed by atoms with E-state index in [9.17, 15) is 39.1 Å². The van der Waals surface area contributed by atoms with E-state index in [2.05, 4.69) is 0 Å². The van der Waals surface area contributed by atoms with Gasteiger partial charge in [-0.25, -0.2) is 18.8 Å². The van der Waals surface area contributed by atoms with Crippen molar-refractivity contribution in [1.29, 1.82) is 0 Å². The molecule has 2 unspecified atom stereocenters. The zero-order valence-corrected chi connectivity index (χ0v) is 15.2. The molecule has 154 valence electrons. The molecule has 2 atom stereocenters. The van der Waals surface area contributed by atoms with Crippen molar-refractivity contribution in [3.8, 4) is 5.75 Å². The van der Waals surface area contributed by atoms with E-state index in [0.717, 1.165) is 12.1 Å². The molecule has 0 aliphatic rings. The lowest BCUT2D eigenvalue weighted by atomic mass is 10.1. The van der Waals surface area contributed by atoms with Crippen LogP contribution in [0.2, 0.25) is 0 Å². The highest BCUT2D eigenvalue weighted by molar-refractivity contribution is 5.81. The van der Waals surface area contributed by atoms with Crippen LogP contribution in [0.3, 0.4) is 0 Å². The number of rotatable bonds is 8. The number of nitro groups is 1. The molecule has 0 saturated carbocycles. The Bertz CT molecular complexity index is 776. The van der Waals surface area contributed by atoms with Gasteiger partial charge in [-0.3, -0.25) is 10.1 Å². The van der Waals surface area contributed by atoms with E-state index in [1.54, 1.807) is 0 Å². The number of carboxylic acid groups (broad SMARTS) is 2. The number of nitrogens with zero attached hydrogens (tertiary/aromatic N) is 1. The van der Waals surface area contributed by atoms with Crippen LogP contribution in [0.4, 0.5) is 14.9 Å². The van der Waals surface area contributed by atoms with Gasteiger partial charge in [0.15, 0.2) is 6.10 Å². The van der Waals surface area contributed by atoms with E-state index < -0.39 is 64.4 Å². The zero-order chi connectivity index (χ0) is 21.6. The van der Waals surface area contributed by atoms with Gasteiger partial charge in [-0.2, -0.15) is 0 Å². The maximum atomic E-state index is 13.4. The Labute approximate surface area is 158 Å². The Balaban J connectivity index is 3.03. The van der Waals surface area contributed by atoms with Crippen LogP contribution in [0.1, 0.15) is 27.2 Å². The van der Waals surface area contributed by atoms with Crippen molar-refractivity contribution >= 4 is 23.7 Å². The summed E-state index contributed by atoms with van der Waals surface area (Å²) in [5.74, 6) is -4.88. The second-order valence-corrected chi connectivity index (χ2v) is 6.59. The van der Waals surface area contributed by atoms with Crippen LogP contribution >= 0.6 is 0 Å². The van der Waals surface area contributed by atoms with Crippen LogP contribution in [0.5, 0.6) is 5.75 Å². The Morgan fingerprint density at radius 2 is 1.86 bits per heavy atom. The maximum absolute atomic E-state index is 13.4. The summed E-state index contributed by atoms with van der Waals surface area (Å²) in [6, 6.07) is 0.413. The summed E-state index contributed by atoms with van der Waals surface area (Å²) in [7, 11) is 0. The van der Waals surface area contributed by atoms with Crippen LogP contribution < -0.4 is 10.1 Å². The Morgan fingerprint density at radius 1 is 1.25 bits per heavy atom. The summed E-state index contributed by atoms with van der Waals surface area (Å²) < 4.78 is 23.2. The molecule has 0 fully saturated rings. The number of carboxylic acids is 2. The van der Waals surface area contributed by atoms with Crippen molar-refractivity contribution < 1.29 is 43.4 Å². The molecular formula is C16H19FN2O9. The van der Waals surface area contributed by atoms with E-state index >= 15 is 0 Å². The topological polar surface area (TPSA) is 165 Å². The van der Waals surface area contributed by atoms with Gasteiger partial charge in [-0.1, -0.05) is 0 Å². The van der Waals surface area contributed by atoms with E-state index in [0.29, 0.717) is 6.07 Å². The number of ether oxygens (including phenoxy) is 2. The third-order valence-electron chi connectivity index (χ3n) is 3.10. The Hall–Kier alpha value is -3.44. The molecule has 0 aliphatic heterocycles. The first-order valence-electron chi connectivity index (χ1n) is 7.86. The fourth-order valence-electron chi connectivity index (χ4n) is 1.97. The van der Waals surface area contributed by atoms with Crippen molar-refractivity contribution in [2.24, 2.45) is 0 Å². The second-order valence-electron chi connectivity index (χ2n) is 6.59. The van der Waals surface area contributed by atoms with Gasteiger partial charge < -0.3 is 25.0 Å². The van der Waals surface area contributed by atoms with Crippen LogP contribution in [-0.2, 0) is 14.3 Å². The number of carbonyl (C=O) groups is 3. The highest BCUT2D eigenvalue weighted by Crippen LogP contribution is 2.29. The number of amides is 1. The average molecular weight is 402 g/mol. The third-order valence-corrected chi connectivity index (χ3v) is 3.10. The van der Waals surface area contributed by atoms with Gasteiger partial charge in [0, 0.05) is 18.6 Å². The van der Waals surface area contributed by atoms with Gasteiger partial charge in [-0.15, -0.1) is 0 Å². The van der Waals surface area contributed by atoms with E-state index in [1.165, 1.54) is 20.8 Å². The molecule has 1 aromatic rings.